The van der Waals surface area contributed by atoms with E-state index < -0.39 is 0 Å². The van der Waals surface area contributed by atoms with Crippen LogP contribution in [0.15, 0.2) is 23.3 Å². The molecular weight excluding hydrogens is 379 g/mol. The zero-order chi connectivity index (χ0) is 14.4. The highest BCUT2D eigenvalue weighted by molar-refractivity contribution is 14.0. The number of nitrogens with zero attached hydrogens (tertiary/aromatic N) is 3. The third kappa shape index (κ3) is 5.78. The molecule has 1 unspecified atom stereocenters. The normalized spacial score (nSPS) is 18.2. The molecule has 2 rings (SSSR count). The van der Waals surface area contributed by atoms with Crippen molar-refractivity contribution in [2.24, 2.45) is 10.9 Å². The molecule has 0 radical (unpaired) electrons. The van der Waals surface area contributed by atoms with Gasteiger partial charge in [0.25, 0.3) is 0 Å². The molecular formula is C15H25IN4O. The molecule has 0 aromatic carbocycles. The van der Waals surface area contributed by atoms with E-state index in [1.165, 1.54) is 0 Å². The zero-order valence-electron chi connectivity index (χ0n) is 13.0. The second-order valence-corrected chi connectivity index (χ2v) is 5.32. The maximum Gasteiger partial charge on any atom is 0.193 e. The Kier molecular flexibility index (Phi) is 7.95. The summed E-state index contributed by atoms with van der Waals surface area (Å²) in [5, 5.41) is 3.37. The number of hydrogen-bond donors (Lipinski definition) is 1. The summed E-state index contributed by atoms with van der Waals surface area (Å²) in [4.78, 5) is 10.8. The van der Waals surface area contributed by atoms with Gasteiger partial charge in [0, 0.05) is 51.6 Å². The Balaban J connectivity index is 0.00000220. The molecule has 0 aliphatic carbocycles. The van der Waals surface area contributed by atoms with Crippen LogP contribution in [0.4, 0.5) is 0 Å². The molecule has 2 heterocycles. The second-order valence-electron chi connectivity index (χ2n) is 5.32. The molecule has 0 amide bonds. The van der Waals surface area contributed by atoms with Gasteiger partial charge < -0.3 is 15.0 Å². The summed E-state index contributed by atoms with van der Waals surface area (Å²) in [5.74, 6) is 1.53. The average Bonchev–Trinajstić information content (AvgIpc) is 2.94. The van der Waals surface area contributed by atoms with E-state index >= 15 is 0 Å². The molecule has 0 spiro atoms. The molecule has 1 aromatic heterocycles. The lowest BCUT2D eigenvalue weighted by Crippen LogP contribution is -2.41. The number of ether oxygens (including phenoxy) is 1. The van der Waals surface area contributed by atoms with Gasteiger partial charge in [-0.1, -0.05) is 6.07 Å². The number of aryl methyl sites for hydroxylation is 1. The summed E-state index contributed by atoms with van der Waals surface area (Å²) in [6, 6.07) is 4.12. The third-order valence-electron chi connectivity index (χ3n) is 3.55. The highest BCUT2D eigenvalue weighted by Crippen LogP contribution is 2.13. The Morgan fingerprint density at radius 1 is 1.52 bits per heavy atom. The summed E-state index contributed by atoms with van der Waals surface area (Å²) in [7, 11) is 3.89. The largest absolute Gasteiger partial charge is 0.381 e. The number of halogens is 1. The van der Waals surface area contributed by atoms with Crippen LogP contribution in [-0.4, -0.2) is 49.7 Å². The van der Waals surface area contributed by atoms with Crippen LogP contribution in [0.25, 0.3) is 0 Å². The quantitative estimate of drug-likeness (QED) is 0.474. The predicted molar refractivity (Wildman–Crippen MR) is 96.1 cm³/mol. The van der Waals surface area contributed by atoms with Gasteiger partial charge in [-0.05, 0) is 25.0 Å². The summed E-state index contributed by atoms with van der Waals surface area (Å²) in [6.45, 7) is 5.47. The van der Waals surface area contributed by atoms with E-state index in [9.17, 15) is 0 Å². The fourth-order valence-electron chi connectivity index (χ4n) is 2.37. The van der Waals surface area contributed by atoms with Crippen LogP contribution in [0, 0.1) is 12.8 Å². The Morgan fingerprint density at radius 3 is 2.90 bits per heavy atom. The van der Waals surface area contributed by atoms with Crippen molar-refractivity contribution in [3.63, 3.8) is 0 Å². The van der Waals surface area contributed by atoms with Gasteiger partial charge in [0.05, 0.1) is 6.61 Å². The maximum atomic E-state index is 5.42. The SMILES string of the molecule is CN=C(NCc1ccc(C)nc1)N(C)CC1CCOC1.I. The topological polar surface area (TPSA) is 49.8 Å². The first-order valence-electron chi connectivity index (χ1n) is 7.10. The van der Waals surface area contributed by atoms with Crippen LogP contribution < -0.4 is 5.32 Å². The maximum absolute atomic E-state index is 5.42. The Hall–Kier alpha value is -0.890. The number of aliphatic imine (C=N–C) groups is 1. The van der Waals surface area contributed by atoms with Crippen LogP contribution >= 0.6 is 24.0 Å². The van der Waals surface area contributed by atoms with E-state index in [1.54, 1.807) is 0 Å². The van der Waals surface area contributed by atoms with Gasteiger partial charge >= 0.3 is 0 Å². The monoisotopic (exact) mass is 404 g/mol. The van der Waals surface area contributed by atoms with Crippen LogP contribution in [0.5, 0.6) is 0 Å². The van der Waals surface area contributed by atoms with Crippen LogP contribution in [0.3, 0.4) is 0 Å². The van der Waals surface area contributed by atoms with Gasteiger partial charge in [0.2, 0.25) is 0 Å². The smallest absolute Gasteiger partial charge is 0.193 e. The molecule has 1 aliphatic rings. The van der Waals surface area contributed by atoms with E-state index in [1.807, 2.05) is 26.2 Å². The minimum atomic E-state index is 0. The molecule has 6 heteroatoms. The van der Waals surface area contributed by atoms with E-state index in [4.69, 9.17) is 4.74 Å². The first-order chi connectivity index (χ1) is 9.69. The van der Waals surface area contributed by atoms with Crippen LogP contribution in [0.1, 0.15) is 17.7 Å². The highest BCUT2D eigenvalue weighted by atomic mass is 127. The van der Waals surface area contributed by atoms with Crippen molar-refractivity contribution in [2.45, 2.75) is 19.9 Å². The third-order valence-corrected chi connectivity index (χ3v) is 3.55. The first kappa shape index (κ1) is 18.2. The highest BCUT2D eigenvalue weighted by Gasteiger charge is 2.18. The predicted octanol–water partition coefficient (Wildman–Crippen LogP) is 2.05. The first-order valence-corrected chi connectivity index (χ1v) is 7.10. The Morgan fingerprint density at radius 2 is 2.33 bits per heavy atom. The summed E-state index contributed by atoms with van der Waals surface area (Å²) < 4.78 is 5.42. The number of aromatic nitrogens is 1. The van der Waals surface area contributed by atoms with Crippen molar-refractivity contribution < 1.29 is 4.74 Å². The van der Waals surface area contributed by atoms with Crippen molar-refractivity contribution >= 4 is 29.9 Å². The van der Waals surface area contributed by atoms with Gasteiger partial charge in [-0.2, -0.15) is 0 Å². The standard InChI is InChI=1S/C15H24N4O.HI/c1-12-4-5-13(8-17-12)9-18-15(16-2)19(3)10-14-6-7-20-11-14;/h4-5,8,14H,6-7,9-11H2,1-3H3,(H,16,18);1H. The second kappa shape index (κ2) is 9.19. The molecule has 1 atom stereocenters. The van der Waals surface area contributed by atoms with Gasteiger partial charge in [0.1, 0.15) is 0 Å². The number of rotatable bonds is 4. The lowest BCUT2D eigenvalue weighted by molar-refractivity contribution is 0.181. The van der Waals surface area contributed by atoms with Gasteiger partial charge in [-0.15, -0.1) is 24.0 Å². The molecule has 1 aromatic rings. The van der Waals surface area contributed by atoms with Crippen LogP contribution in [0.2, 0.25) is 0 Å². The molecule has 0 bridgehead atoms. The number of guanidine groups is 1. The molecule has 1 fully saturated rings. The van der Waals surface area contributed by atoms with E-state index in [2.05, 4.69) is 33.3 Å². The van der Waals surface area contributed by atoms with Crippen molar-refractivity contribution in [3.8, 4) is 0 Å². The van der Waals surface area contributed by atoms with E-state index in [0.29, 0.717) is 5.92 Å². The fourth-order valence-corrected chi connectivity index (χ4v) is 2.37. The van der Waals surface area contributed by atoms with Crippen LogP contribution in [-0.2, 0) is 11.3 Å². The molecule has 0 saturated carbocycles. The lowest BCUT2D eigenvalue weighted by Gasteiger charge is -2.24. The summed E-state index contributed by atoms with van der Waals surface area (Å²) in [6.07, 6.45) is 3.05. The fraction of sp³-hybridized carbons (Fsp3) is 0.600. The number of nitrogens with one attached hydrogen (secondary N) is 1. The van der Waals surface area contributed by atoms with Gasteiger partial charge in [0.15, 0.2) is 5.96 Å². The summed E-state index contributed by atoms with van der Waals surface area (Å²) in [5.41, 5.74) is 2.20. The molecule has 1 N–H and O–H groups in total. The average molecular weight is 404 g/mol. The molecule has 21 heavy (non-hydrogen) atoms. The van der Waals surface area contributed by atoms with Crippen molar-refractivity contribution in [1.82, 2.24) is 15.2 Å². The van der Waals surface area contributed by atoms with Gasteiger partial charge in [-0.25, -0.2) is 0 Å². The Bertz CT molecular complexity index is 443. The van der Waals surface area contributed by atoms with E-state index in [0.717, 1.165) is 49.9 Å². The molecule has 5 nitrogen and oxygen atoms in total. The number of pyridine rings is 1. The van der Waals surface area contributed by atoms with Crippen molar-refractivity contribution in [3.05, 3.63) is 29.6 Å². The minimum Gasteiger partial charge on any atom is -0.381 e. The zero-order valence-corrected chi connectivity index (χ0v) is 15.3. The van der Waals surface area contributed by atoms with Gasteiger partial charge in [-0.3, -0.25) is 9.98 Å². The minimum absolute atomic E-state index is 0. The Labute approximate surface area is 144 Å². The molecule has 1 saturated heterocycles. The summed E-state index contributed by atoms with van der Waals surface area (Å²) >= 11 is 0. The molecule has 118 valence electrons. The molecule has 1 aliphatic heterocycles. The van der Waals surface area contributed by atoms with E-state index in [-0.39, 0.29) is 24.0 Å². The van der Waals surface area contributed by atoms with Crippen molar-refractivity contribution in [1.29, 1.82) is 0 Å². The number of hydrogen-bond acceptors (Lipinski definition) is 3. The van der Waals surface area contributed by atoms with Crippen molar-refractivity contribution in [2.75, 3.05) is 33.9 Å². The lowest BCUT2D eigenvalue weighted by atomic mass is 10.1.